The number of nitrogens with one attached hydrogen (secondary N) is 1. The number of primary sulfonamides is 1. The first-order chi connectivity index (χ1) is 9.63. The number of carbonyl (C=O) groups is 1. The van der Waals surface area contributed by atoms with Crippen LogP contribution in [-0.4, -0.2) is 26.5 Å². The fourth-order valence-corrected chi connectivity index (χ4v) is 3.17. The lowest BCUT2D eigenvalue weighted by atomic mass is 10.0. The molecule has 1 aliphatic heterocycles. The molecular weight excluding hydrogens is 292 g/mol. The number of sulfonamides is 1. The van der Waals surface area contributed by atoms with E-state index >= 15 is 0 Å². The molecule has 1 amide bonds. The van der Waals surface area contributed by atoms with E-state index < -0.39 is 15.6 Å². The Labute approximate surface area is 124 Å². The topological polar surface area (TPSA) is 98.5 Å². The van der Waals surface area contributed by atoms with Gasteiger partial charge in [0.25, 0.3) is 5.91 Å². The van der Waals surface area contributed by atoms with Crippen LogP contribution in [0, 0.1) is 13.8 Å². The molecule has 0 radical (unpaired) electrons. The second-order valence-corrected chi connectivity index (χ2v) is 7.18. The molecule has 1 unspecified atom stereocenters. The fourth-order valence-electron chi connectivity index (χ4n) is 2.49. The molecule has 21 heavy (non-hydrogen) atoms. The molecule has 1 aromatic carbocycles. The van der Waals surface area contributed by atoms with Gasteiger partial charge >= 0.3 is 0 Å². The molecule has 116 valence electrons. The van der Waals surface area contributed by atoms with Crippen LogP contribution in [-0.2, 0) is 19.6 Å². The van der Waals surface area contributed by atoms with Crippen LogP contribution in [0.4, 0.5) is 5.69 Å². The Balaban J connectivity index is 2.31. The third kappa shape index (κ3) is 3.25. The zero-order valence-electron chi connectivity index (χ0n) is 12.4. The predicted molar refractivity (Wildman–Crippen MR) is 79.5 cm³/mol. The molecular formula is C14H20N2O4S. The Morgan fingerprint density at radius 3 is 2.33 bits per heavy atom. The van der Waals surface area contributed by atoms with Gasteiger partial charge in [-0.2, -0.15) is 0 Å². The Morgan fingerprint density at radius 1 is 1.33 bits per heavy atom. The zero-order chi connectivity index (χ0) is 15.8. The van der Waals surface area contributed by atoms with Crippen molar-refractivity contribution in [1.29, 1.82) is 0 Å². The summed E-state index contributed by atoms with van der Waals surface area (Å²) in [5.74, 6) is -0.213. The van der Waals surface area contributed by atoms with E-state index in [0.29, 0.717) is 29.8 Å². The van der Waals surface area contributed by atoms with E-state index in [1.165, 1.54) is 12.1 Å². The summed E-state index contributed by atoms with van der Waals surface area (Å²) in [6.07, 6.45) is 1.53. The predicted octanol–water partition coefficient (Wildman–Crippen LogP) is 1.46. The van der Waals surface area contributed by atoms with Gasteiger partial charge in [0.1, 0.15) is 5.60 Å². The molecule has 1 atom stereocenters. The minimum Gasteiger partial charge on any atom is -0.365 e. The van der Waals surface area contributed by atoms with E-state index in [1.54, 1.807) is 20.8 Å². The van der Waals surface area contributed by atoms with Crippen LogP contribution in [0.3, 0.4) is 0 Å². The average molecular weight is 312 g/mol. The highest BCUT2D eigenvalue weighted by molar-refractivity contribution is 7.89. The Hall–Kier alpha value is -1.44. The SMILES string of the molecule is Cc1cc(S(N)(=O)=O)cc(C)c1NC(=O)C1(C)CCCO1. The highest BCUT2D eigenvalue weighted by atomic mass is 32.2. The molecule has 1 heterocycles. The van der Waals surface area contributed by atoms with Crippen molar-refractivity contribution in [3.05, 3.63) is 23.3 Å². The monoisotopic (exact) mass is 312 g/mol. The van der Waals surface area contributed by atoms with Crippen molar-refractivity contribution in [3.63, 3.8) is 0 Å². The molecule has 0 spiro atoms. The van der Waals surface area contributed by atoms with E-state index in [2.05, 4.69) is 5.32 Å². The van der Waals surface area contributed by atoms with Crippen LogP contribution < -0.4 is 10.5 Å². The second kappa shape index (κ2) is 5.40. The van der Waals surface area contributed by atoms with Gasteiger partial charge in [-0.1, -0.05) is 0 Å². The summed E-state index contributed by atoms with van der Waals surface area (Å²) in [4.78, 5) is 12.4. The first-order valence-electron chi connectivity index (χ1n) is 6.73. The molecule has 7 heteroatoms. The van der Waals surface area contributed by atoms with Gasteiger partial charge in [-0.25, -0.2) is 13.6 Å². The molecule has 1 aromatic rings. The number of aryl methyl sites for hydroxylation is 2. The van der Waals surface area contributed by atoms with Crippen molar-refractivity contribution in [2.75, 3.05) is 11.9 Å². The lowest BCUT2D eigenvalue weighted by Crippen LogP contribution is -2.39. The van der Waals surface area contributed by atoms with E-state index in [-0.39, 0.29) is 10.8 Å². The molecule has 6 nitrogen and oxygen atoms in total. The zero-order valence-corrected chi connectivity index (χ0v) is 13.2. The summed E-state index contributed by atoms with van der Waals surface area (Å²) in [5, 5.41) is 7.97. The van der Waals surface area contributed by atoms with Gasteiger partial charge < -0.3 is 10.1 Å². The van der Waals surface area contributed by atoms with Crippen molar-refractivity contribution in [3.8, 4) is 0 Å². The van der Waals surface area contributed by atoms with Gasteiger partial charge in [-0.15, -0.1) is 0 Å². The molecule has 1 saturated heterocycles. The third-order valence-electron chi connectivity index (χ3n) is 3.77. The van der Waals surface area contributed by atoms with Gasteiger partial charge in [0.05, 0.1) is 4.90 Å². The summed E-state index contributed by atoms with van der Waals surface area (Å²) in [6.45, 7) is 5.80. The van der Waals surface area contributed by atoms with E-state index in [4.69, 9.17) is 9.88 Å². The van der Waals surface area contributed by atoms with Crippen LogP contribution in [0.25, 0.3) is 0 Å². The Morgan fingerprint density at radius 2 is 1.90 bits per heavy atom. The van der Waals surface area contributed by atoms with Crippen molar-refractivity contribution in [1.82, 2.24) is 0 Å². The number of anilines is 1. The molecule has 0 bridgehead atoms. The van der Waals surface area contributed by atoms with Crippen LogP contribution >= 0.6 is 0 Å². The van der Waals surface area contributed by atoms with Gasteiger partial charge in [0.2, 0.25) is 10.0 Å². The number of hydrogen-bond acceptors (Lipinski definition) is 4. The van der Waals surface area contributed by atoms with Crippen molar-refractivity contribution < 1.29 is 17.9 Å². The summed E-state index contributed by atoms with van der Waals surface area (Å²) in [7, 11) is -3.76. The highest BCUT2D eigenvalue weighted by Crippen LogP contribution is 2.29. The number of rotatable bonds is 3. The molecule has 0 aliphatic carbocycles. The Kier molecular flexibility index (Phi) is 4.10. The molecule has 1 aliphatic rings. The van der Waals surface area contributed by atoms with Gasteiger partial charge in [0.15, 0.2) is 0 Å². The lowest BCUT2D eigenvalue weighted by molar-refractivity contribution is -0.133. The third-order valence-corrected chi connectivity index (χ3v) is 4.67. The quantitative estimate of drug-likeness (QED) is 0.882. The maximum atomic E-state index is 12.3. The summed E-state index contributed by atoms with van der Waals surface area (Å²) in [6, 6.07) is 2.91. The van der Waals surface area contributed by atoms with Crippen LogP contribution in [0.15, 0.2) is 17.0 Å². The molecule has 2 rings (SSSR count). The maximum Gasteiger partial charge on any atom is 0.256 e. The minimum atomic E-state index is -3.76. The first kappa shape index (κ1) is 15.9. The fraction of sp³-hybridized carbons (Fsp3) is 0.500. The number of benzene rings is 1. The Bertz CT molecular complexity index is 653. The number of nitrogens with two attached hydrogens (primary N) is 1. The highest BCUT2D eigenvalue weighted by Gasteiger charge is 2.38. The second-order valence-electron chi connectivity index (χ2n) is 5.61. The number of amides is 1. The van der Waals surface area contributed by atoms with Gasteiger partial charge in [-0.3, -0.25) is 4.79 Å². The van der Waals surface area contributed by atoms with Crippen molar-refractivity contribution in [2.45, 2.75) is 44.1 Å². The first-order valence-corrected chi connectivity index (χ1v) is 8.27. The largest absolute Gasteiger partial charge is 0.365 e. The summed E-state index contributed by atoms with van der Waals surface area (Å²) in [5.41, 5.74) is 1.07. The molecule has 0 saturated carbocycles. The van der Waals surface area contributed by atoms with Crippen LogP contribution in [0.5, 0.6) is 0 Å². The van der Waals surface area contributed by atoms with Gasteiger partial charge in [0, 0.05) is 12.3 Å². The van der Waals surface area contributed by atoms with E-state index in [1.807, 2.05) is 0 Å². The van der Waals surface area contributed by atoms with E-state index in [0.717, 1.165) is 6.42 Å². The molecule has 1 fully saturated rings. The summed E-state index contributed by atoms with van der Waals surface area (Å²) < 4.78 is 28.3. The van der Waals surface area contributed by atoms with E-state index in [9.17, 15) is 13.2 Å². The van der Waals surface area contributed by atoms with Crippen molar-refractivity contribution >= 4 is 21.6 Å². The number of ether oxygens (including phenoxy) is 1. The minimum absolute atomic E-state index is 0.0406. The van der Waals surface area contributed by atoms with Gasteiger partial charge in [-0.05, 0) is 56.9 Å². The molecule has 3 N–H and O–H groups in total. The standard InChI is InChI=1S/C14H20N2O4S/c1-9-7-11(21(15,18)19)8-10(2)12(9)16-13(17)14(3)5-4-6-20-14/h7-8H,4-6H2,1-3H3,(H,16,17)(H2,15,18,19). The molecule has 0 aromatic heterocycles. The number of carbonyl (C=O) groups excluding carboxylic acids is 1. The normalized spacial score (nSPS) is 22.3. The van der Waals surface area contributed by atoms with Crippen molar-refractivity contribution in [2.24, 2.45) is 5.14 Å². The maximum absolute atomic E-state index is 12.3. The lowest BCUT2D eigenvalue weighted by Gasteiger charge is -2.23. The average Bonchev–Trinajstić information content (AvgIpc) is 2.80. The summed E-state index contributed by atoms with van der Waals surface area (Å²) >= 11 is 0. The smallest absolute Gasteiger partial charge is 0.256 e. The van der Waals surface area contributed by atoms with Crippen LogP contribution in [0.2, 0.25) is 0 Å². The van der Waals surface area contributed by atoms with Crippen LogP contribution in [0.1, 0.15) is 30.9 Å². The number of hydrogen-bond donors (Lipinski definition) is 2.